The van der Waals surface area contributed by atoms with Gasteiger partial charge in [0.2, 0.25) is 0 Å². The zero-order chi connectivity index (χ0) is 14.8. The van der Waals surface area contributed by atoms with Crippen molar-refractivity contribution in [3.63, 3.8) is 0 Å². The summed E-state index contributed by atoms with van der Waals surface area (Å²) in [5.74, 6) is -0.428. The molecule has 2 rings (SSSR count). The van der Waals surface area contributed by atoms with Crippen LogP contribution in [0.25, 0.3) is 0 Å². The molecular formula is C15H12F3NO. The normalized spacial score (nSPS) is 11.2. The second kappa shape index (κ2) is 5.36. The van der Waals surface area contributed by atoms with Crippen molar-refractivity contribution in [2.45, 2.75) is 13.1 Å². The minimum atomic E-state index is -4.43. The molecular weight excluding hydrogens is 267 g/mol. The van der Waals surface area contributed by atoms with Crippen molar-refractivity contribution in [1.82, 2.24) is 0 Å². The Kier molecular flexibility index (Phi) is 3.79. The third-order valence-corrected chi connectivity index (χ3v) is 2.84. The highest BCUT2D eigenvalue weighted by molar-refractivity contribution is 6.05. The number of rotatable bonds is 2. The number of hydrogen-bond acceptors (Lipinski definition) is 1. The fraction of sp³-hybridized carbons (Fsp3) is 0.133. The summed E-state index contributed by atoms with van der Waals surface area (Å²) in [5, 5.41) is 2.47. The van der Waals surface area contributed by atoms with Crippen LogP contribution in [0.2, 0.25) is 0 Å². The molecule has 5 heteroatoms. The van der Waals surface area contributed by atoms with Gasteiger partial charge in [-0.15, -0.1) is 0 Å². The number of anilines is 1. The minimum Gasteiger partial charge on any atom is -0.322 e. The van der Waals surface area contributed by atoms with Gasteiger partial charge in [0.1, 0.15) is 0 Å². The highest BCUT2D eigenvalue weighted by Gasteiger charge is 2.30. The maximum atomic E-state index is 12.6. The van der Waals surface area contributed by atoms with E-state index >= 15 is 0 Å². The van der Waals surface area contributed by atoms with Crippen LogP contribution in [0.5, 0.6) is 0 Å². The van der Waals surface area contributed by atoms with E-state index in [-0.39, 0.29) is 5.69 Å². The van der Waals surface area contributed by atoms with Gasteiger partial charge < -0.3 is 5.32 Å². The van der Waals surface area contributed by atoms with Crippen LogP contribution in [-0.4, -0.2) is 5.91 Å². The van der Waals surface area contributed by atoms with Crippen LogP contribution >= 0.6 is 0 Å². The highest BCUT2D eigenvalue weighted by Crippen LogP contribution is 2.30. The number of aryl methyl sites for hydroxylation is 1. The van der Waals surface area contributed by atoms with Gasteiger partial charge in [0, 0.05) is 11.3 Å². The zero-order valence-electron chi connectivity index (χ0n) is 10.7. The lowest BCUT2D eigenvalue weighted by molar-refractivity contribution is -0.137. The average Bonchev–Trinajstić information content (AvgIpc) is 2.38. The smallest absolute Gasteiger partial charge is 0.322 e. The molecule has 2 aromatic carbocycles. The van der Waals surface area contributed by atoms with E-state index in [0.717, 1.165) is 17.7 Å². The molecule has 20 heavy (non-hydrogen) atoms. The maximum absolute atomic E-state index is 12.6. The topological polar surface area (TPSA) is 29.1 Å². The molecule has 0 saturated carbocycles. The molecule has 0 fully saturated rings. The summed E-state index contributed by atoms with van der Waals surface area (Å²) < 4.78 is 37.7. The van der Waals surface area contributed by atoms with Crippen molar-refractivity contribution in [2.75, 3.05) is 5.32 Å². The zero-order valence-corrected chi connectivity index (χ0v) is 10.7. The van der Waals surface area contributed by atoms with E-state index in [0.29, 0.717) is 5.56 Å². The fourth-order valence-corrected chi connectivity index (χ4v) is 1.80. The van der Waals surface area contributed by atoms with E-state index in [9.17, 15) is 18.0 Å². The van der Waals surface area contributed by atoms with Gasteiger partial charge in [-0.05, 0) is 36.8 Å². The molecule has 0 spiro atoms. The first-order valence-corrected chi connectivity index (χ1v) is 5.92. The van der Waals surface area contributed by atoms with Gasteiger partial charge in [0.25, 0.3) is 5.91 Å². The minimum absolute atomic E-state index is 0.119. The highest BCUT2D eigenvalue weighted by atomic mass is 19.4. The molecule has 0 saturated heterocycles. The molecule has 0 atom stereocenters. The average molecular weight is 279 g/mol. The lowest BCUT2D eigenvalue weighted by Gasteiger charge is -2.10. The Balaban J connectivity index is 2.23. The van der Waals surface area contributed by atoms with Crippen molar-refractivity contribution in [3.05, 3.63) is 65.2 Å². The van der Waals surface area contributed by atoms with E-state index in [2.05, 4.69) is 5.32 Å². The monoisotopic (exact) mass is 279 g/mol. The SMILES string of the molecule is Cc1ccccc1C(=O)Nc1cccc(C(F)(F)F)c1. The number of halogens is 3. The van der Waals surface area contributed by atoms with E-state index in [1.54, 1.807) is 31.2 Å². The Morgan fingerprint density at radius 1 is 1.05 bits per heavy atom. The number of alkyl halides is 3. The summed E-state index contributed by atoms with van der Waals surface area (Å²) in [6.45, 7) is 1.76. The van der Waals surface area contributed by atoms with Crippen LogP contribution in [0.3, 0.4) is 0 Å². The Bertz CT molecular complexity index is 635. The molecule has 0 bridgehead atoms. The van der Waals surface area contributed by atoms with Crippen molar-refractivity contribution in [3.8, 4) is 0 Å². The quantitative estimate of drug-likeness (QED) is 0.874. The second-order valence-corrected chi connectivity index (χ2v) is 4.35. The van der Waals surface area contributed by atoms with Gasteiger partial charge in [-0.25, -0.2) is 0 Å². The molecule has 2 aromatic rings. The maximum Gasteiger partial charge on any atom is 0.416 e. The standard InChI is InChI=1S/C15H12F3NO/c1-10-5-2-3-8-13(10)14(20)19-12-7-4-6-11(9-12)15(16,17)18/h2-9H,1H3,(H,19,20). The summed E-state index contributed by atoms with van der Waals surface area (Å²) in [6, 6.07) is 11.4. The summed E-state index contributed by atoms with van der Waals surface area (Å²) in [7, 11) is 0. The molecule has 1 amide bonds. The summed E-state index contributed by atoms with van der Waals surface area (Å²) >= 11 is 0. The van der Waals surface area contributed by atoms with Gasteiger partial charge in [-0.3, -0.25) is 4.79 Å². The first kappa shape index (κ1) is 14.1. The number of carbonyl (C=O) groups is 1. The van der Waals surface area contributed by atoms with Crippen LogP contribution in [0, 0.1) is 6.92 Å². The lowest BCUT2D eigenvalue weighted by Crippen LogP contribution is -2.14. The second-order valence-electron chi connectivity index (χ2n) is 4.35. The summed E-state index contributed by atoms with van der Waals surface area (Å²) in [6.07, 6.45) is -4.43. The van der Waals surface area contributed by atoms with Crippen LogP contribution in [0.1, 0.15) is 21.5 Å². The molecule has 0 aromatic heterocycles. The predicted octanol–water partition coefficient (Wildman–Crippen LogP) is 4.27. The molecule has 0 radical (unpaired) electrons. The van der Waals surface area contributed by atoms with Gasteiger partial charge in [0.05, 0.1) is 5.56 Å². The lowest BCUT2D eigenvalue weighted by atomic mass is 10.1. The third kappa shape index (κ3) is 3.17. The van der Waals surface area contributed by atoms with Crippen molar-refractivity contribution in [1.29, 1.82) is 0 Å². The van der Waals surface area contributed by atoms with E-state index in [1.807, 2.05) is 0 Å². The van der Waals surface area contributed by atoms with E-state index in [4.69, 9.17) is 0 Å². The number of amides is 1. The molecule has 0 heterocycles. The summed E-state index contributed by atoms with van der Waals surface area (Å²) in [5.41, 5.74) is 0.523. The van der Waals surface area contributed by atoms with Gasteiger partial charge in [-0.1, -0.05) is 24.3 Å². The first-order chi connectivity index (χ1) is 9.38. The van der Waals surface area contributed by atoms with Crippen molar-refractivity contribution in [2.24, 2.45) is 0 Å². The van der Waals surface area contributed by atoms with Crippen molar-refractivity contribution >= 4 is 11.6 Å². The van der Waals surface area contributed by atoms with E-state index in [1.165, 1.54) is 12.1 Å². The Hall–Kier alpha value is -2.30. The van der Waals surface area contributed by atoms with E-state index < -0.39 is 17.6 Å². The molecule has 0 aliphatic heterocycles. The molecule has 2 nitrogen and oxygen atoms in total. The fourth-order valence-electron chi connectivity index (χ4n) is 1.80. The third-order valence-electron chi connectivity index (χ3n) is 2.84. The number of benzene rings is 2. The van der Waals surface area contributed by atoms with Crippen LogP contribution < -0.4 is 5.32 Å². The molecule has 104 valence electrons. The molecule has 0 aliphatic rings. The Morgan fingerprint density at radius 3 is 2.40 bits per heavy atom. The Morgan fingerprint density at radius 2 is 1.75 bits per heavy atom. The largest absolute Gasteiger partial charge is 0.416 e. The number of nitrogens with one attached hydrogen (secondary N) is 1. The van der Waals surface area contributed by atoms with Gasteiger partial charge >= 0.3 is 6.18 Å². The number of carbonyl (C=O) groups excluding carboxylic acids is 1. The van der Waals surface area contributed by atoms with Crippen molar-refractivity contribution < 1.29 is 18.0 Å². The molecule has 0 aliphatic carbocycles. The van der Waals surface area contributed by atoms with Crippen LogP contribution in [0.4, 0.5) is 18.9 Å². The summed E-state index contributed by atoms with van der Waals surface area (Å²) in [4.78, 5) is 12.0. The molecule has 1 N–H and O–H groups in total. The Labute approximate surface area is 114 Å². The van der Waals surface area contributed by atoms with Gasteiger partial charge in [-0.2, -0.15) is 13.2 Å². The predicted molar refractivity (Wildman–Crippen MR) is 70.6 cm³/mol. The van der Waals surface area contributed by atoms with Crippen LogP contribution in [0.15, 0.2) is 48.5 Å². The van der Waals surface area contributed by atoms with Crippen LogP contribution in [-0.2, 0) is 6.18 Å². The number of hydrogen-bond donors (Lipinski definition) is 1. The molecule has 0 unspecified atom stereocenters. The van der Waals surface area contributed by atoms with Gasteiger partial charge in [0.15, 0.2) is 0 Å². The first-order valence-electron chi connectivity index (χ1n) is 5.92.